The molecule has 3 rings (SSSR count). The number of alkyl halides is 3. The van der Waals surface area contributed by atoms with Crippen molar-refractivity contribution in [2.24, 2.45) is 5.16 Å². The summed E-state index contributed by atoms with van der Waals surface area (Å²) < 4.78 is 38.7. The molecule has 160 valence electrons. The van der Waals surface area contributed by atoms with Crippen LogP contribution in [0.15, 0.2) is 65.9 Å². The zero-order chi connectivity index (χ0) is 22.6. The van der Waals surface area contributed by atoms with Crippen LogP contribution in [0.4, 0.5) is 23.7 Å². The minimum absolute atomic E-state index is 0.0447. The number of carbonyl (C=O) groups is 1. The standard InChI is InChI=1S/C20H11Cl3F3N3O2/c21-13-6-7-16(14(22)9-13)28-19(30)31-29-17(11-4-2-1-3-5-11)18-15(23)8-12(10-27-18)20(24,25)26/h1-10H,(H,28,30)/b29-17+. The molecule has 0 unspecified atom stereocenters. The van der Waals surface area contributed by atoms with Gasteiger partial charge in [-0.3, -0.25) is 15.1 Å². The molecule has 0 atom stereocenters. The maximum atomic E-state index is 12.9. The van der Waals surface area contributed by atoms with Gasteiger partial charge in [-0.05, 0) is 24.3 Å². The minimum Gasteiger partial charge on any atom is -0.297 e. The first-order valence-electron chi connectivity index (χ1n) is 8.44. The normalized spacial score (nSPS) is 11.9. The zero-order valence-electron chi connectivity index (χ0n) is 15.3. The Morgan fingerprint density at radius 2 is 1.71 bits per heavy atom. The molecule has 1 aromatic heterocycles. The minimum atomic E-state index is -4.62. The van der Waals surface area contributed by atoms with Crippen LogP contribution < -0.4 is 5.32 Å². The Kier molecular flexibility index (Phi) is 7.04. The lowest BCUT2D eigenvalue weighted by Gasteiger charge is -2.11. The van der Waals surface area contributed by atoms with Crippen LogP contribution >= 0.6 is 34.8 Å². The maximum Gasteiger partial charge on any atom is 0.437 e. The smallest absolute Gasteiger partial charge is 0.297 e. The summed E-state index contributed by atoms with van der Waals surface area (Å²) in [6.45, 7) is 0. The topological polar surface area (TPSA) is 63.6 Å². The van der Waals surface area contributed by atoms with Crippen LogP contribution in [0.5, 0.6) is 0 Å². The molecular weight excluding hydrogens is 478 g/mol. The second-order valence-electron chi connectivity index (χ2n) is 5.99. The Bertz CT molecular complexity index is 1140. The van der Waals surface area contributed by atoms with Crippen LogP contribution in [0.1, 0.15) is 16.8 Å². The fourth-order valence-electron chi connectivity index (χ4n) is 2.41. The van der Waals surface area contributed by atoms with Crippen molar-refractivity contribution >= 4 is 52.3 Å². The summed E-state index contributed by atoms with van der Waals surface area (Å²) in [5.41, 5.74) is -0.535. The molecule has 1 amide bonds. The molecule has 0 fully saturated rings. The number of rotatable bonds is 4. The van der Waals surface area contributed by atoms with Gasteiger partial charge in [0.05, 0.1) is 21.3 Å². The van der Waals surface area contributed by atoms with Crippen molar-refractivity contribution < 1.29 is 22.8 Å². The lowest BCUT2D eigenvalue weighted by molar-refractivity contribution is -0.137. The van der Waals surface area contributed by atoms with Crippen molar-refractivity contribution in [2.45, 2.75) is 6.18 Å². The Morgan fingerprint density at radius 3 is 2.32 bits per heavy atom. The molecule has 11 heteroatoms. The molecular formula is C20H11Cl3F3N3O2. The van der Waals surface area contributed by atoms with Crippen molar-refractivity contribution in [2.75, 3.05) is 5.32 Å². The second kappa shape index (κ2) is 9.55. The maximum absolute atomic E-state index is 12.9. The van der Waals surface area contributed by atoms with E-state index in [0.29, 0.717) is 16.8 Å². The van der Waals surface area contributed by atoms with Gasteiger partial charge in [-0.1, -0.05) is 70.3 Å². The molecule has 0 spiro atoms. The van der Waals surface area contributed by atoms with Gasteiger partial charge in [0.1, 0.15) is 11.4 Å². The highest BCUT2D eigenvalue weighted by Crippen LogP contribution is 2.32. The van der Waals surface area contributed by atoms with Crippen molar-refractivity contribution in [3.8, 4) is 0 Å². The summed E-state index contributed by atoms with van der Waals surface area (Å²) in [5.74, 6) is 0. The summed E-state index contributed by atoms with van der Waals surface area (Å²) in [6, 6.07) is 13.4. The summed E-state index contributed by atoms with van der Waals surface area (Å²) in [4.78, 5) is 20.8. The largest absolute Gasteiger partial charge is 0.437 e. The number of hydrogen-bond acceptors (Lipinski definition) is 4. The van der Waals surface area contributed by atoms with Crippen LogP contribution in [0.2, 0.25) is 15.1 Å². The Morgan fingerprint density at radius 1 is 1.00 bits per heavy atom. The van der Waals surface area contributed by atoms with Crippen LogP contribution in [0.25, 0.3) is 0 Å². The van der Waals surface area contributed by atoms with Gasteiger partial charge in [0.15, 0.2) is 0 Å². The molecule has 0 saturated carbocycles. The molecule has 0 bridgehead atoms. The van der Waals surface area contributed by atoms with Gasteiger partial charge in [0.2, 0.25) is 0 Å². The third-order valence-corrected chi connectivity index (χ3v) is 4.66. The summed E-state index contributed by atoms with van der Waals surface area (Å²) in [6.07, 6.45) is -5.00. The third kappa shape index (κ3) is 5.88. The van der Waals surface area contributed by atoms with Gasteiger partial charge < -0.3 is 0 Å². The van der Waals surface area contributed by atoms with E-state index in [1.807, 2.05) is 0 Å². The molecule has 31 heavy (non-hydrogen) atoms. The van der Waals surface area contributed by atoms with E-state index < -0.39 is 17.8 Å². The average Bonchev–Trinajstić information content (AvgIpc) is 2.71. The molecule has 3 aromatic rings. The fourth-order valence-corrected chi connectivity index (χ4v) is 3.12. The van der Waals surface area contributed by atoms with E-state index in [2.05, 4.69) is 15.5 Å². The van der Waals surface area contributed by atoms with E-state index in [-0.39, 0.29) is 27.1 Å². The van der Waals surface area contributed by atoms with Crippen molar-refractivity contribution in [3.05, 3.63) is 92.7 Å². The average molecular weight is 489 g/mol. The Balaban J connectivity index is 1.91. The number of nitrogens with zero attached hydrogens (tertiary/aromatic N) is 2. The first-order valence-corrected chi connectivity index (χ1v) is 9.58. The van der Waals surface area contributed by atoms with Gasteiger partial charge in [-0.15, -0.1) is 0 Å². The Labute approximate surface area is 189 Å². The monoisotopic (exact) mass is 487 g/mol. The van der Waals surface area contributed by atoms with Gasteiger partial charge in [0, 0.05) is 16.8 Å². The van der Waals surface area contributed by atoms with E-state index in [1.54, 1.807) is 30.3 Å². The molecule has 1 heterocycles. The fraction of sp³-hybridized carbons (Fsp3) is 0.0500. The van der Waals surface area contributed by atoms with Crippen molar-refractivity contribution in [1.29, 1.82) is 0 Å². The Hall–Kier alpha value is -2.81. The number of hydrogen-bond donors (Lipinski definition) is 1. The van der Waals surface area contributed by atoms with Crippen LogP contribution in [-0.4, -0.2) is 16.8 Å². The van der Waals surface area contributed by atoms with Crippen molar-refractivity contribution in [1.82, 2.24) is 4.98 Å². The van der Waals surface area contributed by atoms with Crippen LogP contribution in [0, 0.1) is 0 Å². The highest BCUT2D eigenvalue weighted by Gasteiger charge is 2.32. The summed E-state index contributed by atoms with van der Waals surface area (Å²) >= 11 is 17.8. The number of amides is 1. The predicted molar refractivity (Wildman–Crippen MR) is 113 cm³/mol. The number of carbonyl (C=O) groups excluding carboxylic acids is 1. The lowest BCUT2D eigenvalue weighted by Crippen LogP contribution is -2.15. The van der Waals surface area contributed by atoms with E-state index >= 15 is 0 Å². The van der Waals surface area contributed by atoms with Gasteiger partial charge >= 0.3 is 12.3 Å². The highest BCUT2D eigenvalue weighted by molar-refractivity contribution is 6.36. The van der Waals surface area contributed by atoms with Crippen molar-refractivity contribution in [3.63, 3.8) is 0 Å². The number of aromatic nitrogens is 1. The molecule has 0 aliphatic rings. The second-order valence-corrected chi connectivity index (χ2v) is 7.24. The zero-order valence-corrected chi connectivity index (χ0v) is 17.5. The number of halogens is 6. The van der Waals surface area contributed by atoms with Gasteiger partial charge in [0.25, 0.3) is 0 Å². The highest BCUT2D eigenvalue weighted by atomic mass is 35.5. The molecule has 1 N–H and O–H groups in total. The van der Waals surface area contributed by atoms with Crippen LogP contribution in [0.3, 0.4) is 0 Å². The summed E-state index contributed by atoms with van der Waals surface area (Å²) in [5, 5.41) is 6.37. The molecule has 0 radical (unpaired) electrons. The first-order chi connectivity index (χ1) is 14.6. The number of nitrogens with one attached hydrogen (secondary N) is 1. The van der Waals surface area contributed by atoms with Gasteiger partial charge in [-0.2, -0.15) is 13.2 Å². The predicted octanol–water partition coefficient (Wildman–Crippen LogP) is 7.06. The third-order valence-electron chi connectivity index (χ3n) is 3.83. The number of pyridine rings is 1. The molecule has 5 nitrogen and oxygen atoms in total. The lowest BCUT2D eigenvalue weighted by atomic mass is 10.1. The molecule has 2 aromatic carbocycles. The van der Waals surface area contributed by atoms with E-state index in [9.17, 15) is 18.0 Å². The van der Waals surface area contributed by atoms with E-state index in [0.717, 1.165) is 6.07 Å². The number of benzene rings is 2. The molecule has 0 aliphatic carbocycles. The number of anilines is 1. The first kappa shape index (κ1) is 22.9. The molecule has 0 saturated heterocycles. The van der Waals surface area contributed by atoms with Crippen LogP contribution in [-0.2, 0) is 11.0 Å². The number of oxime groups is 1. The van der Waals surface area contributed by atoms with E-state index in [1.165, 1.54) is 18.2 Å². The van der Waals surface area contributed by atoms with Gasteiger partial charge in [-0.25, -0.2) is 4.79 Å². The summed E-state index contributed by atoms with van der Waals surface area (Å²) in [7, 11) is 0. The van der Waals surface area contributed by atoms with E-state index in [4.69, 9.17) is 39.6 Å². The molecule has 0 aliphatic heterocycles. The quantitative estimate of drug-likeness (QED) is 0.243. The SMILES string of the molecule is O=C(Nc1ccc(Cl)cc1Cl)O/N=C(\c1ccccc1)c1ncc(C(F)(F)F)cc1Cl.